The average molecular weight is 459 g/mol. The molecule has 0 spiro atoms. The molecular formula is C20H34N4O8+4. The Morgan fingerprint density at radius 2 is 0.969 bits per heavy atom. The number of hydrogen-bond acceptors (Lipinski definition) is 8. The van der Waals surface area contributed by atoms with Gasteiger partial charge in [0.1, 0.15) is 6.54 Å². The van der Waals surface area contributed by atoms with Crippen molar-refractivity contribution in [3.05, 3.63) is 0 Å². The molecule has 0 aromatic rings. The van der Waals surface area contributed by atoms with Gasteiger partial charge in [-0.15, -0.1) is 17.9 Å². The summed E-state index contributed by atoms with van der Waals surface area (Å²) in [7, 11) is 7.75. The molecular weight excluding hydrogens is 424 g/mol. The Morgan fingerprint density at radius 3 is 1.31 bits per heavy atom. The van der Waals surface area contributed by atoms with Crippen LogP contribution in [0, 0.1) is 5.92 Å². The normalized spacial score (nSPS) is 34.6. The van der Waals surface area contributed by atoms with Crippen LogP contribution in [0.4, 0.5) is 9.59 Å². The van der Waals surface area contributed by atoms with Crippen LogP contribution in [-0.4, -0.2) is 131 Å². The first-order valence-corrected chi connectivity index (χ1v) is 10.3. The molecule has 0 saturated carbocycles. The third-order valence-electron chi connectivity index (χ3n) is 6.96. The largest absolute Gasteiger partial charge is 0.528 e. The molecule has 3 atom stereocenters. The van der Waals surface area contributed by atoms with Gasteiger partial charge in [0, 0.05) is 5.92 Å². The maximum absolute atomic E-state index is 13.7. The van der Waals surface area contributed by atoms with Crippen molar-refractivity contribution >= 4 is 35.7 Å². The monoisotopic (exact) mass is 458 g/mol. The predicted molar refractivity (Wildman–Crippen MR) is 108 cm³/mol. The number of carbonyl (C=O) groups is 6. The molecule has 0 bridgehead atoms. The van der Waals surface area contributed by atoms with Crippen molar-refractivity contribution in [2.45, 2.75) is 31.5 Å². The van der Waals surface area contributed by atoms with Crippen LogP contribution in [0.15, 0.2) is 0 Å². The Labute approximate surface area is 186 Å². The Morgan fingerprint density at radius 1 is 0.656 bits per heavy atom. The molecule has 178 valence electrons. The number of nitrogens with zero attached hydrogens (tertiary/aromatic N) is 4. The first kappa shape index (κ1) is 26.0. The lowest BCUT2D eigenvalue weighted by molar-refractivity contribution is -0.891. The average Bonchev–Trinajstić information content (AvgIpc) is 2.72. The lowest BCUT2D eigenvalue weighted by atomic mass is 9.73. The van der Waals surface area contributed by atoms with Gasteiger partial charge >= 0.3 is 46.9 Å². The third kappa shape index (κ3) is 2.71. The van der Waals surface area contributed by atoms with Crippen LogP contribution in [0.5, 0.6) is 0 Å². The van der Waals surface area contributed by atoms with Crippen LogP contribution in [-0.2, 0) is 19.2 Å². The predicted octanol–water partition coefficient (Wildman–Crippen LogP) is -1.46. The van der Waals surface area contributed by atoms with E-state index in [9.17, 15) is 39.0 Å². The van der Waals surface area contributed by atoms with Crippen LogP contribution in [0.3, 0.4) is 0 Å². The minimum atomic E-state index is -3.60. The number of aliphatic hydroxyl groups is 2. The van der Waals surface area contributed by atoms with E-state index < -0.39 is 64.8 Å². The number of amides is 8. The summed E-state index contributed by atoms with van der Waals surface area (Å²) in [4.78, 5) is 80.0. The van der Waals surface area contributed by atoms with Crippen LogP contribution < -0.4 is 0 Å². The maximum Gasteiger partial charge on any atom is 0.528 e. The van der Waals surface area contributed by atoms with E-state index in [4.69, 9.17) is 0 Å². The Hall–Kier alpha value is -2.22. The van der Waals surface area contributed by atoms with E-state index in [2.05, 4.69) is 0 Å². The van der Waals surface area contributed by atoms with Gasteiger partial charge in [-0.25, -0.2) is 19.2 Å². The molecule has 0 aromatic heterocycles. The molecule has 2 rings (SSSR count). The van der Waals surface area contributed by atoms with Crippen LogP contribution in [0.25, 0.3) is 0 Å². The number of barbiturate groups is 2. The molecule has 3 unspecified atom stereocenters. The Bertz CT molecular complexity index is 939. The number of urea groups is 2. The van der Waals surface area contributed by atoms with E-state index >= 15 is 0 Å². The van der Waals surface area contributed by atoms with E-state index in [-0.39, 0.29) is 12.5 Å². The smallest absolute Gasteiger partial charge is 0.362 e. The van der Waals surface area contributed by atoms with E-state index in [0.717, 1.165) is 42.3 Å². The molecule has 12 nitrogen and oxygen atoms in total. The van der Waals surface area contributed by atoms with Gasteiger partial charge in [0.15, 0.2) is 0 Å². The number of likely N-dealkylation sites (N-methyl/N-ethyl adjacent to an activating group) is 4. The van der Waals surface area contributed by atoms with Crippen molar-refractivity contribution in [3.8, 4) is 0 Å². The highest BCUT2D eigenvalue weighted by molar-refractivity contribution is 6.24. The zero-order valence-corrected chi connectivity index (χ0v) is 20.1. The summed E-state index contributed by atoms with van der Waals surface area (Å²) in [5, 5.41) is 23.2. The highest BCUT2D eigenvalue weighted by atomic mass is 16.4. The van der Waals surface area contributed by atoms with Crippen molar-refractivity contribution in [1.82, 2.24) is 0 Å². The fourth-order valence-corrected chi connectivity index (χ4v) is 4.81. The molecule has 2 heterocycles. The lowest BCUT2D eigenvalue weighted by Gasteiger charge is -2.49. The topological polar surface area (TPSA) is 143 Å². The molecule has 2 aliphatic rings. The molecule has 0 aromatic carbocycles. The molecule has 0 aliphatic carbocycles. The number of quaternary nitrogens is 4. The molecule has 8 amide bonds. The minimum absolute atomic E-state index is 0.140. The van der Waals surface area contributed by atoms with Gasteiger partial charge in [-0.05, 0) is 6.42 Å². The number of carbonyl (C=O) groups excluding carboxylic acids is 6. The van der Waals surface area contributed by atoms with E-state index in [1.54, 1.807) is 6.92 Å². The zero-order chi connectivity index (χ0) is 25.5. The number of rotatable bonds is 4. The van der Waals surface area contributed by atoms with Gasteiger partial charge in [0.05, 0.1) is 49.3 Å². The number of hydrogen-bond donors (Lipinski definition) is 2. The summed E-state index contributed by atoms with van der Waals surface area (Å²) in [6, 6.07) is -1.83. The second-order valence-corrected chi connectivity index (χ2v) is 10.5. The van der Waals surface area contributed by atoms with Gasteiger partial charge in [0.2, 0.25) is 0 Å². The summed E-state index contributed by atoms with van der Waals surface area (Å²) < 4.78 is -4.75. The summed E-state index contributed by atoms with van der Waals surface area (Å²) in [6.45, 7) is 3.43. The third-order valence-corrected chi connectivity index (χ3v) is 6.96. The minimum Gasteiger partial charge on any atom is -0.362 e. The van der Waals surface area contributed by atoms with Crippen molar-refractivity contribution in [1.29, 1.82) is 0 Å². The molecule has 0 radical (unpaired) electrons. The first-order valence-electron chi connectivity index (χ1n) is 10.3. The van der Waals surface area contributed by atoms with Crippen molar-refractivity contribution < 1.29 is 56.9 Å². The second kappa shape index (κ2) is 6.89. The highest BCUT2D eigenvalue weighted by Gasteiger charge is 2.90. The fraction of sp³-hybridized carbons (Fsp3) is 0.700. The summed E-state index contributed by atoms with van der Waals surface area (Å²) in [5.41, 5.74) is -7.21. The van der Waals surface area contributed by atoms with E-state index in [1.165, 1.54) is 7.05 Å². The maximum atomic E-state index is 13.7. The fourth-order valence-electron chi connectivity index (χ4n) is 4.81. The SMILES string of the molecule is CCC(C)C[N+]1(C)C(=O)C(O)(C2(O)C(=O)[N+](C)(C)C(=O)[N+](C)(C)C2=O)C(=O)[N+](C)(C)C1=O. The van der Waals surface area contributed by atoms with Crippen LogP contribution in [0.1, 0.15) is 20.3 Å². The van der Waals surface area contributed by atoms with Crippen LogP contribution in [0.2, 0.25) is 0 Å². The van der Waals surface area contributed by atoms with E-state index in [0.29, 0.717) is 6.42 Å². The molecule has 2 fully saturated rings. The van der Waals surface area contributed by atoms with Crippen molar-refractivity contribution in [2.75, 3.05) is 55.9 Å². The molecule has 2 aliphatic heterocycles. The second-order valence-electron chi connectivity index (χ2n) is 10.5. The highest BCUT2D eigenvalue weighted by Crippen LogP contribution is 2.43. The van der Waals surface area contributed by atoms with Gasteiger partial charge < -0.3 is 10.2 Å². The standard InChI is InChI=1S/C20H34N4O8/c1-10-12(2)11-24(9)16(28)20(32,15(27)23(7,8)18(24)30)19(31)13(25)21(3,4)17(29)22(5,6)14(19)26/h12,31-32H,10-11H2,1-9H3/q+4. The molecule has 2 saturated heterocycles. The summed E-state index contributed by atoms with van der Waals surface area (Å²) in [6.07, 6.45) is 0.554. The Kier molecular flexibility index (Phi) is 5.61. The van der Waals surface area contributed by atoms with Crippen molar-refractivity contribution in [3.63, 3.8) is 0 Å². The quantitative estimate of drug-likeness (QED) is 0.385. The van der Waals surface area contributed by atoms with E-state index in [1.807, 2.05) is 6.92 Å². The molecule has 2 N–H and O–H groups in total. The van der Waals surface area contributed by atoms with Crippen LogP contribution >= 0.6 is 0 Å². The Balaban J connectivity index is 2.94. The van der Waals surface area contributed by atoms with Gasteiger partial charge in [-0.1, -0.05) is 13.8 Å². The van der Waals surface area contributed by atoms with Gasteiger partial charge in [0.25, 0.3) is 0 Å². The molecule has 32 heavy (non-hydrogen) atoms. The molecule has 12 heteroatoms. The van der Waals surface area contributed by atoms with Crippen molar-refractivity contribution in [2.24, 2.45) is 5.92 Å². The van der Waals surface area contributed by atoms with Gasteiger partial charge in [-0.2, -0.15) is 9.59 Å². The lowest BCUT2D eigenvalue weighted by Crippen LogP contribution is -2.92. The summed E-state index contributed by atoms with van der Waals surface area (Å²) >= 11 is 0. The van der Waals surface area contributed by atoms with Gasteiger partial charge in [-0.3, -0.25) is 0 Å². The summed E-state index contributed by atoms with van der Waals surface area (Å²) in [5.74, 6) is -6.29. The zero-order valence-electron chi connectivity index (χ0n) is 20.1. The number of imide groups is 4. The first-order chi connectivity index (χ1) is 14.1.